The van der Waals surface area contributed by atoms with E-state index >= 15 is 0 Å². The molecule has 4 rings (SSSR count). The molecule has 0 bridgehead atoms. The molecule has 1 aliphatic carbocycles. The van der Waals surface area contributed by atoms with Crippen molar-refractivity contribution >= 4 is 23.6 Å². The van der Waals surface area contributed by atoms with Gasteiger partial charge >= 0.3 is 227 Å². The Bertz CT molecular complexity index is 1150. The third-order valence-electron chi connectivity index (χ3n) is 7.64. The summed E-state index contributed by atoms with van der Waals surface area (Å²) in [5.74, 6) is 1.49. The summed E-state index contributed by atoms with van der Waals surface area (Å²) < 4.78 is -0.0715. The standard InChI is InChI=1S/C33H39Si.3ClH.Ti/c1-23(2)27-11-8-14-30(20-27)34(33-18-17-26(7)19-33,31-15-9-12-28(21-31)24(3)4)32-16-10-13-29(22-32)25(5)6;;;;/h8-25H,1-7H3;3*1H;/q;;;;+3/p-3. The Morgan fingerprint density at radius 1 is 0.605 bits per heavy atom. The second-order valence-corrected chi connectivity index (χ2v) is 17.3. The molecular formula is C33H39Cl3SiTi. The summed E-state index contributed by atoms with van der Waals surface area (Å²) in [6.45, 7) is 16.1. The van der Waals surface area contributed by atoms with Crippen LogP contribution in [0.3, 0.4) is 0 Å². The SMILES string of the molecule is CC1=C[C]([Ti+3])([Si](c2cccc(C(C)C)c2)(c2cccc(C(C)C)c2)c2cccc(C(C)C)c2)C=C1.[Cl-].[Cl-].[Cl-]. The van der Waals surface area contributed by atoms with E-state index in [1.807, 2.05) is 0 Å². The van der Waals surface area contributed by atoms with Crippen LogP contribution in [0.15, 0.2) is 96.6 Å². The largest absolute Gasteiger partial charge is 1.00 e. The van der Waals surface area contributed by atoms with E-state index in [2.05, 4.69) is 160 Å². The van der Waals surface area contributed by atoms with Gasteiger partial charge in [-0.25, -0.2) is 0 Å². The number of rotatable bonds is 7. The molecule has 0 fully saturated rings. The fraction of sp³-hybridized carbons (Fsp3) is 0.333. The van der Waals surface area contributed by atoms with Crippen molar-refractivity contribution in [1.29, 1.82) is 0 Å². The fourth-order valence-corrected chi connectivity index (χ4v) is 13.5. The average Bonchev–Trinajstić information content (AvgIpc) is 3.19. The van der Waals surface area contributed by atoms with Crippen molar-refractivity contribution in [2.75, 3.05) is 0 Å². The van der Waals surface area contributed by atoms with E-state index < -0.39 is 8.07 Å². The maximum absolute atomic E-state index is 2.55. The van der Waals surface area contributed by atoms with Crippen LogP contribution in [-0.4, -0.2) is 8.07 Å². The Hall–Kier alpha value is -1.06. The molecule has 1 unspecified atom stereocenters. The van der Waals surface area contributed by atoms with Crippen molar-refractivity contribution in [3.63, 3.8) is 0 Å². The van der Waals surface area contributed by atoms with Crippen molar-refractivity contribution in [3.05, 3.63) is 113 Å². The van der Waals surface area contributed by atoms with Crippen LogP contribution >= 0.6 is 0 Å². The van der Waals surface area contributed by atoms with Gasteiger partial charge < -0.3 is 37.2 Å². The molecule has 5 heteroatoms. The van der Waals surface area contributed by atoms with Crippen LogP contribution in [0.25, 0.3) is 0 Å². The van der Waals surface area contributed by atoms with Gasteiger partial charge in [-0.2, -0.15) is 0 Å². The summed E-state index contributed by atoms with van der Waals surface area (Å²) in [5, 5.41) is 4.51. The van der Waals surface area contributed by atoms with Crippen LogP contribution in [0.1, 0.15) is 82.9 Å². The molecule has 0 spiro atoms. The molecule has 1 aliphatic rings. The summed E-state index contributed by atoms with van der Waals surface area (Å²) >= 11 is 2.48. The predicted octanol–water partition coefficient (Wildman–Crippen LogP) is -1.70. The molecule has 0 heterocycles. The first-order chi connectivity index (χ1) is 16.6. The van der Waals surface area contributed by atoms with Gasteiger partial charge in [0.25, 0.3) is 0 Å². The van der Waals surface area contributed by atoms with Gasteiger partial charge in [0.1, 0.15) is 0 Å². The zero-order chi connectivity index (χ0) is 25.4. The Morgan fingerprint density at radius 3 is 1.21 bits per heavy atom. The van der Waals surface area contributed by atoms with Gasteiger partial charge in [-0.05, 0) is 0 Å². The molecule has 0 amide bonds. The van der Waals surface area contributed by atoms with Crippen molar-refractivity contribution in [2.24, 2.45) is 0 Å². The van der Waals surface area contributed by atoms with Gasteiger partial charge in [0.15, 0.2) is 0 Å². The minimum absolute atomic E-state index is 0. The second kappa shape index (κ2) is 14.0. The van der Waals surface area contributed by atoms with Crippen molar-refractivity contribution in [3.8, 4) is 0 Å². The zero-order valence-corrected chi connectivity index (χ0v) is 28.4. The number of hydrogen-bond acceptors (Lipinski definition) is 0. The molecule has 1 atom stereocenters. The molecule has 3 aromatic carbocycles. The molecule has 200 valence electrons. The number of hydrogen-bond donors (Lipinski definition) is 0. The average molecular weight is 618 g/mol. The summed E-state index contributed by atoms with van der Waals surface area (Å²) in [4.78, 5) is 0. The summed E-state index contributed by atoms with van der Waals surface area (Å²) in [5.41, 5.74) is 5.63. The third kappa shape index (κ3) is 6.46. The summed E-state index contributed by atoms with van der Waals surface area (Å²) in [6, 6.07) is 28.6. The number of benzene rings is 3. The first-order valence-electron chi connectivity index (χ1n) is 13.0. The smallest absolute Gasteiger partial charge is 1.00 e. The summed E-state index contributed by atoms with van der Waals surface area (Å²) in [6.07, 6.45) is 7.39. The van der Waals surface area contributed by atoms with E-state index in [9.17, 15) is 0 Å². The van der Waals surface area contributed by atoms with E-state index in [1.165, 1.54) is 37.8 Å². The van der Waals surface area contributed by atoms with Gasteiger partial charge in [-0.3, -0.25) is 0 Å². The maximum atomic E-state index is 2.55. The minimum Gasteiger partial charge on any atom is -1.00 e. The van der Waals surface area contributed by atoms with Crippen LogP contribution < -0.4 is 52.8 Å². The molecular weight excluding hydrogens is 579 g/mol. The van der Waals surface area contributed by atoms with E-state index in [0.29, 0.717) is 17.8 Å². The summed E-state index contributed by atoms with van der Waals surface area (Å²) in [7, 11) is -2.55. The zero-order valence-electron chi connectivity index (χ0n) is 23.5. The van der Waals surface area contributed by atoms with Crippen molar-refractivity contribution < 1.29 is 57.7 Å². The topological polar surface area (TPSA) is 0 Å². The first-order valence-corrected chi connectivity index (χ1v) is 15.8. The minimum atomic E-state index is -2.55. The maximum Gasteiger partial charge on any atom is -1.00 e. The van der Waals surface area contributed by atoms with Crippen molar-refractivity contribution in [2.45, 2.75) is 69.6 Å². The molecule has 0 nitrogen and oxygen atoms in total. The van der Waals surface area contributed by atoms with E-state index in [1.54, 1.807) is 0 Å². The van der Waals surface area contributed by atoms with E-state index in [4.69, 9.17) is 0 Å². The molecule has 0 saturated carbocycles. The quantitative estimate of drug-likeness (QED) is 0.219. The van der Waals surface area contributed by atoms with E-state index in [0.717, 1.165) is 0 Å². The Morgan fingerprint density at radius 2 is 0.947 bits per heavy atom. The Balaban J connectivity index is 0.00000241. The third-order valence-corrected chi connectivity index (χ3v) is 15.0. The molecule has 0 radical (unpaired) electrons. The Labute approximate surface area is 262 Å². The first kappa shape index (κ1) is 35.0. The number of halogens is 3. The second-order valence-electron chi connectivity index (χ2n) is 11.2. The molecule has 0 N–H and O–H groups in total. The van der Waals surface area contributed by atoms with Crippen molar-refractivity contribution in [1.82, 2.24) is 0 Å². The normalized spacial score (nSPS) is 16.7. The van der Waals surface area contributed by atoms with Crippen LogP contribution in [-0.2, 0) is 20.4 Å². The van der Waals surface area contributed by atoms with Crippen LogP contribution in [0, 0.1) is 0 Å². The Kier molecular flexibility index (Phi) is 12.9. The van der Waals surface area contributed by atoms with Crippen LogP contribution in [0.2, 0.25) is 3.34 Å². The monoisotopic (exact) mass is 616 g/mol. The molecule has 3 aromatic rings. The molecule has 0 saturated heterocycles. The molecule has 0 aliphatic heterocycles. The van der Waals surface area contributed by atoms with Gasteiger partial charge in [0.05, 0.1) is 0 Å². The number of allylic oxidation sites excluding steroid dienone is 4. The van der Waals surface area contributed by atoms with Crippen LogP contribution in [0.5, 0.6) is 0 Å². The van der Waals surface area contributed by atoms with Gasteiger partial charge in [-0.1, -0.05) is 0 Å². The predicted molar refractivity (Wildman–Crippen MR) is 152 cm³/mol. The fourth-order valence-electron chi connectivity index (χ4n) is 5.56. The van der Waals surface area contributed by atoms with E-state index in [-0.39, 0.29) is 40.6 Å². The molecule has 38 heavy (non-hydrogen) atoms. The van der Waals surface area contributed by atoms with Gasteiger partial charge in [0.2, 0.25) is 0 Å². The van der Waals surface area contributed by atoms with Gasteiger partial charge in [0, 0.05) is 0 Å². The van der Waals surface area contributed by atoms with Crippen LogP contribution in [0.4, 0.5) is 0 Å². The molecule has 0 aromatic heterocycles. The van der Waals surface area contributed by atoms with Gasteiger partial charge in [-0.15, -0.1) is 0 Å².